The summed E-state index contributed by atoms with van der Waals surface area (Å²) in [6.45, 7) is 7.02. The number of hydrogen-bond acceptors (Lipinski definition) is 2. The number of aryl methyl sites for hydroxylation is 1. The van der Waals surface area contributed by atoms with Crippen LogP contribution in [-0.2, 0) is 6.61 Å². The lowest BCUT2D eigenvalue weighted by atomic mass is 9.98. The first kappa shape index (κ1) is 15.1. The molecule has 3 N–H and O–H groups in total. The van der Waals surface area contributed by atoms with Crippen molar-refractivity contribution >= 4 is 5.84 Å². The number of benzene rings is 2. The molecule has 2 aromatic carbocycles. The van der Waals surface area contributed by atoms with Crippen molar-refractivity contribution in [1.82, 2.24) is 0 Å². The summed E-state index contributed by atoms with van der Waals surface area (Å²) in [5.41, 5.74) is 9.84. The van der Waals surface area contributed by atoms with Crippen molar-refractivity contribution in [3.8, 4) is 5.75 Å². The van der Waals surface area contributed by atoms with E-state index < -0.39 is 0 Å². The molecule has 0 spiro atoms. The Hall–Kier alpha value is -2.29. The van der Waals surface area contributed by atoms with E-state index in [1.165, 1.54) is 11.1 Å². The van der Waals surface area contributed by atoms with Crippen molar-refractivity contribution in [2.24, 2.45) is 5.73 Å². The van der Waals surface area contributed by atoms with Gasteiger partial charge in [0.15, 0.2) is 0 Å². The smallest absolute Gasteiger partial charge is 0.122 e. The number of nitrogen functional groups attached to an aromatic ring is 1. The molecule has 0 fully saturated rings. The van der Waals surface area contributed by atoms with Crippen LogP contribution in [0.15, 0.2) is 42.5 Å². The Morgan fingerprint density at radius 3 is 2.33 bits per heavy atom. The minimum absolute atomic E-state index is 0.0855. The maximum atomic E-state index is 7.37. The van der Waals surface area contributed by atoms with Crippen LogP contribution in [0.2, 0.25) is 0 Å². The zero-order valence-electron chi connectivity index (χ0n) is 12.8. The van der Waals surface area contributed by atoms with Gasteiger partial charge in [-0.15, -0.1) is 0 Å². The topological polar surface area (TPSA) is 59.1 Å². The molecule has 0 aromatic heterocycles. The molecule has 0 amide bonds. The molecule has 0 aliphatic carbocycles. The third-order valence-electron chi connectivity index (χ3n) is 3.53. The van der Waals surface area contributed by atoms with Crippen molar-refractivity contribution in [2.75, 3.05) is 0 Å². The predicted octanol–water partition coefficient (Wildman–Crippen LogP) is 3.98. The predicted molar refractivity (Wildman–Crippen MR) is 87.1 cm³/mol. The maximum absolute atomic E-state index is 7.37. The van der Waals surface area contributed by atoms with Crippen molar-refractivity contribution in [3.05, 3.63) is 64.7 Å². The van der Waals surface area contributed by atoms with E-state index in [1.54, 1.807) is 0 Å². The molecule has 0 aliphatic heterocycles. The van der Waals surface area contributed by atoms with Crippen LogP contribution in [0.5, 0.6) is 5.75 Å². The second-order valence-electron chi connectivity index (χ2n) is 5.57. The summed E-state index contributed by atoms with van der Waals surface area (Å²) in [5.74, 6) is 1.49. The average molecular weight is 282 g/mol. The number of hydrogen-bond donors (Lipinski definition) is 2. The van der Waals surface area contributed by atoms with Crippen LogP contribution in [0.25, 0.3) is 0 Å². The number of nitrogens with one attached hydrogen (secondary N) is 1. The molecule has 0 unspecified atom stereocenters. The van der Waals surface area contributed by atoms with Gasteiger partial charge in [0.25, 0.3) is 0 Å². The second kappa shape index (κ2) is 6.44. The molecule has 2 rings (SSSR count). The van der Waals surface area contributed by atoms with Crippen molar-refractivity contribution < 1.29 is 4.74 Å². The van der Waals surface area contributed by atoms with Gasteiger partial charge in [-0.3, -0.25) is 5.41 Å². The summed E-state index contributed by atoms with van der Waals surface area (Å²) in [4.78, 5) is 0. The van der Waals surface area contributed by atoms with E-state index in [1.807, 2.05) is 30.3 Å². The highest BCUT2D eigenvalue weighted by Gasteiger charge is 2.05. The molecule has 0 radical (unpaired) electrons. The standard InChI is InChI=1S/C18H22N2O/c1-12(2)17-9-8-16(10-13(17)3)21-11-14-4-6-15(7-5-14)18(19)20/h4-10,12H,11H2,1-3H3,(H3,19,20). The van der Waals surface area contributed by atoms with Gasteiger partial charge in [0.1, 0.15) is 18.2 Å². The molecule has 0 bridgehead atoms. The van der Waals surface area contributed by atoms with Crippen LogP contribution in [0, 0.1) is 12.3 Å². The van der Waals surface area contributed by atoms with Crippen LogP contribution < -0.4 is 10.5 Å². The van der Waals surface area contributed by atoms with E-state index in [9.17, 15) is 0 Å². The van der Waals surface area contributed by atoms with Crippen LogP contribution in [-0.4, -0.2) is 5.84 Å². The SMILES string of the molecule is Cc1cc(OCc2ccc(C(=N)N)cc2)ccc1C(C)C. The third-order valence-corrected chi connectivity index (χ3v) is 3.53. The number of rotatable bonds is 5. The Morgan fingerprint density at radius 1 is 1.14 bits per heavy atom. The summed E-state index contributed by atoms with van der Waals surface area (Å²) in [7, 11) is 0. The Kier molecular flexibility index (Phi) is 4.63. The van der Waals surface area contributed by atoms with Gasteiger partial charge in [-0.25, -0.2) is 0 Å². The highest BCUT2D eigenvalue weighted by atomic mass is 16.5. The molecule has 0 atom stereocenters. The van der Waals surface area contributed by atoms with Crippen LogP contribution in [0.4, 0.5) is 0 Å². The average Bonchev–Trinajstić information content (AvgIpc) is 2.45. The van der Waals surface area contributed by atoms with Crippen LogP contribution in [0.3, 0.4) is 0 Å². The Bertz CT molecular complexity index is 630. The summed E-state index contributed by atoms with van der Waals surface area (Å²) >= 11 is 0. The first-order chi connectivity index (χ1) is 9.97. The van der Waals surface area contributed by atoms with Crippen molar-refractivity contribution in [3.63, 3.8) is 0 Å². The number of ether oxygens (including phenoxy) is 1. The van der Waals surface area contributed by atoms with Gasteiger partial charge in [0, 0.05) is 5.56 Å². The summed E-state index contributed by atoms with van der Waals surface area (Å²) in [5, 5.41) is 7.37. The van der Waals surface area contributed by atoms with Crippen LogP contribution in [0.1, 0.15) is 42.0 Å². The highest BCUT2D eigenvalue weighted by molar-refractivity contribution is 5.94. The van der Waals surface area contributed by atoms with E-state index in [0.717, 1.165) is 16.9 Å². The van der Waals surface area contributed by atoms with Crippen LogP contribution >= 0.6 is 0 Å². The normalized spacial score (nSPS) is 10.7. The quantitative estimate of drug-likeness (QED) is 0.643. The summed E-state index contributed by atoms with van der Waals surface area (Å²) in [6, 6.07) is 13.8. The largest absolute Gasteiger partial charge is 0.489 e. The Balaban J connectivity index is 2.02. The van der Waals surface area contributed by atoms with Gasteiger partial charge >= 0.3 is 0 Å². The molecule has 0 saturated heterocycles. The Labute approximate surface area is 126 Å². The molecule has 3 heteroatoms. The molecule has 0 heterocycles. The van der Waals surface area contributed by atoms with Gasteiger partial charge in [-0.2, -0.15) is 0 Å². The number of amidine groups is 1. The zero-order valence-corrected chi connectivity index (χ0v) is 12.8. The monoisotopic (exact) mass is 282 g/mol. The van der Waals surface area contributed by atoms with Crippen molar-refractivity contribution in [2.45, 2.75) is 33.3 Å². The van der Waals surface area contributed by atoms with Gasteiger partial charge in [-0.1, -0.05) is 44.2 Å². The molecular weight excluding hydrogens is 260 g/mol. The van der Waals surface area contributed by atoms with Crippen molar-refractivity contribution in [1.29, 1.82) is 5.41 Å². The van der Waals surface area contributed by atoms with Gasteiger partial charge in [-0.05, 0) is 41.7 Å². The first-order valence-electron chi connectivity index (χ1n) is 7.14. The molecule has 3 nitrogen and oxygen atoms in total. The van der Waals surface area contributed by atoms with E-state index in [4.69, 9.17) is 15.9 Å². The minimum Gasteiger partial charge on any atom is -0.489 e. The molecule has 0 saturated carbocycles. The van der Waals surface area contributed by atoms with E-state index >= 15 is 0 Å². The van der Waals surface area contributed by atoms with E-state index in [-0.39, 0.29) is 5.84 Å². The third kappa shape index (κ3) is 3.85. The van der Waals surface area contributed by atoms with E-state index in [0.29, 0.717) is 12.5 Å². The maximum Gasteiger partial charge on any atom is 0.122 e. The fourth-order valence-corrected chi connectivity index (χ4v) is 2.33. The summed E-state index contributed by atoms with van der Waals surface area (Å²) in [6.07, 6.45) is 0. The highest BCUT2D eigenvalue weighted by Crippen LogP contribution is 2.24. The fraction of sp³-hybridized carbons (Fsp3) is 0.278. The Morgan fingerprint density at radius 2 is 1.81 bits per heavy atom. The molecule has 0 aliphatic rings. The lowest BCUT2D eigenvalue weighted by molar-refractivity contribution is 0.306. The molecular formula is C18H22N2O. The first-order valence-corrected chi connectivity index (χ1v) is 7.14. The molecule has 110 valence electrons. The zero-order chi connectivity index (χ0) is 15.4. The molecule has 21 heavy (non-hydrogen) atoms. The molecule has 2 aromatic rings. The summed E-state index contributed by atoms with van der Waals surface area (Å²) < 4.78 is 5.82. The van der Waals surface area contributed by atoms with Gasteiger partial charge in [0.05, 0.1) is 0 Å². The lowest BCUT2D eigenvalue weighted by Gasteiger charge is -2.12. The minimum atomic E-state index is 0.0855. The van der Waals surface area contributed by atoms with Gasteiger partial charge in [0.2, 0.25) is 0 Å². The fourth-order valence-electron chi connectivity index (χ4n) is 2.33. The lowest BCUT2D eigenvalue weighted by Crippen LogP contribution is -2.10. The number of nitrogens with two attached hydrogens (primary N) is 1. The second-order valence-corrected chi connectivity index (χ2v) is 5.57. The van der Waals surface area contributed by atoms with E-state index in [2.05, 4.69) is 32.9 Å². The van der Waals surface area contributed by atoms with Gasteiger partial charge < -0.3 is 10.5 Å².